The summed E-state index contributed by atoms with van der Waals surface area (Å²) in [4.78, 5) is 18.9. The van der Waals surface area contributed by atoms with Gasteiger partial charge in [0.05, 0.1) is 12.0 Å². The number of aliphatic hydroxyl groups is 1. The average molecular weight is 555 g/mol. The molecule has 11 heteroatoms. The topological polar surface area (TPSA) is 134 Å². The van der Waals surface area contributed by atoms with Crippen LogP contribution < -0.4 is 9.62 Å². The number of phenols is 1. The van der Waals surface area contributed by atoms with Crippen LogP contribution in [0, 0.1) is 0 Å². The van der Waals surface area contributed by atoms with Gasteiger partial charge in [0, 0.05) is 31.9 Å². The Morgan fingerprint density at radius 3 is 2.49 bits per heavy atom. The fraction of sp³-hybridized carbons (Fsp3) is 0.357. The van der Waals surface area contributed by atoms with Crippen molar-refractivity contribution in [3.63, 3.8) is 0 Å². The lowest BCUT2D eigenvalue weighted by Gasteiger charge is -2.39. The zero-order chi connectivity index (χ0) is 28.2. The first-order valence-electron chi connectivity index (χ1n) is 12.9. The lowest BCUT2D eigenvalue weighted by molar-refractivity contribution is -0.160. The number of anilines is 2. The first-order chi connectivity index (χ1) is 18.6. The number of esters is 1. The molecular formula is C28H34N4O6S. The Kier molecular flexibility index (Phi) is 8.19. The number of aromatic hydroxyl groups is 1. The van der Waals surface area contributed by atoms with Crippen molar-refractivity contribution in [3.05, 3.63) is 78.1 Å². The molecule has 3 N–H and O–H groups in total. The molecule has 0 spiro atoms. The number of aromatic nitrogens is 2. The largest absolute Gasteiger partial charge is 0.510 e. The number of likely N-dealkylation sites (N-methyl/N-ethyl adjacent to an activating group) is 1. The van der Waals surface area contributed by atoms with Crippen LogP contribution in [-0.2, 0) is 33.0 Å². The summed E-state index contributed by atoms with van der Waals surface area (Å²) in [6, 6.07) is 13.5. The number of rotatable bonds is 11. The van der Waals surface area contributed by atoms with Gasteiger partial charge in [-0.2, -0.15) is 8.42 Å². The van der Waals surface area contributed by atoms with Gasteiger partial charge >= 0.3 is 5.97 Å². The van der Waals surface area contributed by atoms with Gasteiger partial charge in [0.15, 0.2) is 10.7 Å². The first kappa shape index (κ1) is 28.0. The quantitative estimate of drug-likeness (QED) is 0.292. The predicted molar refractivity (Wildman–Crippen MR) is 148 cm³/mol. The Morgan fingerprint density at radius 2 is 1.87 bits per heavy atom. The standard InChI is InChI=1S/C28H34N4O6S/c1-4-14-28(15-13-20-9-11-23(33)12-10-20)17-24(34)26(27(35)38-28)32(5-2)22-8-6-7-21(16-22)30-39(36,37)25-18-31(3)19-29-25/h6-12,16,18-19,30,33-34H,4-5,13-15,17H2,1-3H3. The maximum absolute atomic E-state index is 13.4. The normalized spacial score (nSPS) is 17.7. The van der Waals surface area contributed by atoms with Crippen LogP contribution in [0.2, 0.25) is 0 Å². The SMILES string of the molecule is CCCC1(CCc2ccc(O)cc2)CC(O)=C(N(CC)c2cccc(NS(=O)(=O)c3cn(C)cn3)c2)C(=O)O1. The fourth-order valence-electron chi connectivity index (χ4n) is 4.89. The number of benzene rings is 2. The van der Waals surface area contributed by atoms with Gasteiger partial charge in [-0.25, -0.2) is 9.78 Å². The third kappa shape index (κ3) is 6.36. The van der Waals surface area contributed by atoms with Crippen molar-refractivity contribution in [2.24, 2.45) is 7.05 Å². The number of carbonyl (C=O) groups is 1. The summed E-state index contributed by atoms with van der Waals surface area (Å²) in [5, 5.41) is 20.6. The number of aryl methyl sites for hydroxylation is 2. The zero-order valence-electron chi connectivity index (χ0n) is 22.3. The first-order valence-corrected chi connectivity index (χ1v) is 14.4. The molecule has 0 bridgehead atoms. The molecule has 2 aromatic carbocycles. The number of carbonyl (C=O) groups excluding carboxylic acids is 1. The van der Waals surface area contributed by atoms with Gasteiger partial charge in [-0.15, -0.1) is 0 Å². The second-order valence-corrected chi connectivity index (χ2v) is 11.4. The van der Waals surface area contributed by atoms with E-state index in [1.54, 1.807) is 48.3 Å². The summed E-state index contributed by atoms with van der Waals surface area (Å²) in [5.74, 6) is -0.504. The van der Waals surface area contributed by atoms with Crippen LogP contribution in [0.3, 0.4) is 0 Å². The van der Waals surface area contributed by atoms with Crippen molar-refractivity contribution < 1.29 is 28.2 Å². The highest BCUT2D eigenvalue weighted by atomic mass is 32.2. The van der Waals surface area contributed by atoms with Gasteiger partial charge in [-0.05, 0) is 62.1 Å². The van der Waals surface area contributed by atoms with Gasteiger partial charge in [0.25, 0.3) is 10.0 Å². The summed E-state index contributed by atoms with van der Waals surface area (Å²) in [7, 11) is -2.23. The van der Waals surface area contributed by atoms with E-state index in [1.165, 1.54) is 17.1 Å². The van der Waals surface area contributed by atoms with E-state index in [-0.39, 0.29) is 34.3 Å². The molecule has 1 aliphatic heterocycles. The van der Waals surface area contributed by atoms with Crippen LogP contribution >= 0.6 is 0 Å². The number of nitrogens with zero attached hydrogens (tertiary/aromatic N) is 3. The van der Waals surface area contributed by atoms with E-state index in [4.69, 9.17) is 4.74 Å². The highest BCUT2D eigenvalue weighted by molar-refractivity contribution is 7.92. The molecule has 3 aromatic rings. The van der Waals surface area contributed by atoms with Gasteiger partial charge in [0.1, 0.15) is 17.1 Å². The molecule has 10 nitrogen and oxygen atoms in total. The number of imidazole rings is 1. The number of nitrogens with one attached hydrogen (secondary N) is 1. The van der Waals surface area contributed by atoms with E-state index in [2.05, 4.69) is 9.71 Å². The number of cyclic esters (lactones) is 1. The van der Waals surface area contributed by atoms with Gasteiger partial charge in [0.2, 0.25) is 0 Å². The monoisotopic (exact) mass is 554 g/mol. The Balaban J connectivity index is 1.58. The highest BCUT2D eigenvalue weighted by Gasteiger charge is 2.43. The Bertz CT molecular complexity index is 1470. The lowest BCUT2D eigenvalue weighted by atomic mass is 9.84. The van der Waals surface area contributed by atoms with Crippen molar-refractivity contribution in [1.29, 1.82) is 0 Å². The minimum Gasteiger partial charge on any atom is -0.510 e. The average Bonchev–Trinajstić information content (AvgIpc) is 3.33. The van der Waals surface area contributed by atoms with Crippen molar-refractivity contribution in [1.82, 2.24) is 9.55 Å². The second-order valence-electron chi connectivity index (χ2n) is 9.74. The molecular weight excluding hydrogens is 520 g/mol. The van der Waals surface area contributed by atoms with Crippen molar-refractivity contribution >= 4 is 27.4 Å². The Labute approximate surface area is 228 Å². The third-order valence-electron chi connectivity index (χ3n) is 6.73. The van der Waals surface area contributed by atoms with Gasteiger partial charge in [-0.3, -0.25) is 4.72 Å². The number of hydrogen-bond donors (Lipinski definition) is 3. The highest BCUT2D eigenvalue weighted by Crippen LogP contribution is 2.39. The second kappa shape index (κ2) is 11.4. The Morgan fingerprint density at radius 1 is 1.13 bits per heavy atom. The summed E-state index contributed by atoms with van der Waals surface area (Å²) in [6.45, 7) is 4.17. The van der Waals surface area contributed by atoms with Crippen LogP contribution in [0.15, 0.2) is 77.5 Å². The molecule has 2 heterocycles. The molecule has 1 aliphatic rings. The molecule has 208 valence electrons. The molecule has 1 atom stereocenters. The number of sulfonamides is 1. The van der Waals surface area contributed by atoms with Crippen LogP contribution in [0.5, 0.6) is 5.75 Å². The number of ether oxygens (including phenoxy) is 1. The predicted octanol–water partition coefficient (Wildman–Crippen LogP) is 4.64. The zero-order valence-corrected chi connectivity index (χ0v) is 23.1. The van der Waals surface area contributed by atoms with Crippen LogP contribution in [0.25, 0.3) is 0 Å². The van der Waals surface area contributed by atoms with Crippen molar-refractivity contribution in [2.45, 2.75) is 56.6 Å². The van der Waals surface area contributed by atoms with Crippen LogP contribution in [0.1, 0.15) is 45.1 Å². The van der Waals surface area contributed by atoms with Crippen molar-refractivity contribution in [2.75, 3.05) is 16.2 Å². The lowest BCUT2D eigenvalue weighted by Crippen LogP contribution is -2.44. The molecule has 0 saturated heterocycles. The molecule has 39 heavy (non-hydrogen) atoms. The molecule has 0 radical (unpaired) electrons. The van der Waals surface area contributed by atoms with Gasteiger partial charge in [-0.1, -0.05) is 31.5 Å². The fourth-order valence-corrected chi connectivity index (χ4v) is 5.92. The molecule has 0 amide bonds. The third-order valence-corrected chi connectivity index (χ3v) is 8.00. The van der Waals surface area contributed by atoms with Gasteiger partial charge < -0.3 is 24.4 Å². The Hall–Kier alpha value is -3.99. The van der Waals surface area contributed by atoms with E-state index < -0.39 is 21.6 Å². The molecule has 1 unspecified atom stereocenters. The summed E-state index contributed by atoms with van der Waals surface area (Å²) in [6.07, 6.45) is 5.46. The number of hydrogen-bond acceptors (Lipinski definition) is 8. The maximum atomic E-state index is 13.4. The minimum atomic E-state index is -3.91. The van der Waals surface area contributed by atoms with Crippen LogP contribution in [-0.4, -0.2) is 46.3 Å². The molecule has 0 saturated carbocycles. The van der Waals surface area contributed by atoms with Crippen molar-refractivity contribution in [3.8, 4) is 5.75 Å². The summed E-state index contributed by atoms with van der Waals surface area (Å²) < 4.78 is 35.6. The van der Waals surface area contributed by atoms with E-state index in [1.807, 2.05) is 26.0 Å². The summed E-state index contributed by atoms with van der Waals surface area (Å²) >= 11 is 0. The smallest absolute Gasteiger partial charge is 0.359 e. The molecule has 1 aromatic heterocycles. The number of aliphatic hydroxyl groups excluding tert-OH is 1. The van der Waals surface area contributed by atoms with E-state index >= 15 is 0 Å². The van der Waals surface area contributed by atoms with E-state index in [9.17, 15) is 23.4 Å². The van der Waals surface area contributed by atoms with E-state index in [0.717, 1.165) is 12.0 Å². The molecule has 0 aliphatic carbocycles. The van der Waals surface area contributed by atoms with Crippen LogP contribution in [0.4, 0.5) is 11.4 Å². The summed E-state index contributed by atoms with van der Waals surface area (Å²) in [5.41, 5.74) is 0.989. The molecule has 4 rings (SSSR count). The minimum absolute atomic E-state index is 0.0404. The number of phenolic OH excluding ortho intramolecular Hbond substituents is 1. The maximum Gasteiger partial charge on any atom is 0.359 e. The van der Waals surface area contributed by atoms with E-state index in [0.29, 0.717) is 31.5 Å². The molecule has 0 fully saturated rings.